The quantitative estimate of drug-likeness (QED) is 0.0914. The molecule has 1 fully saturated rings. The first-order valence-corrected chi connectivity index (χ1v) is 18.3. The number of esters is 2. The van der Waals surface area contributed by atoms with Crippen molar-refractivity contribution in [3.8, 4) is 0 Å². The Hall–Kier alpha value is -2.83. The molecule has 10 atom stereocenters. The van der Waals surface area contributed by atoms with Crippen LogP contribution in [-0.4, -0.2) is 72.8 Å². The molecule has 2 aliphatic heterocycles. The summed E-state index contributed by atoms with van der Waals surface area (Å²) in [6.07, 6.45) is 7.29. The monoisotopic (exact) mass is 690 g/mol. The lowest BCUT2D eigenvalue weighted by molar-refractivity contribution is -0.157. The maximum absolute atomic E-state index is 12.9. The predicted molar refractivity (Wildman–Crippen MR) is 182 cm³/mol. The molecule has 0 spiro atoms. The summed E-state index contributed by atoms with van der Waals surface area (Å²) in [6.45, 7) is 14.4. The van der Waals surface area contributed by atoms with Crippen molar-refractivity contribution in [2.24, 2.45) is 17.8 Å². The summed E-state index contributed by atoms with van der Waals surface area (Å²) >= 11 is 0. The van der Waals surface area contributed by atoms with Gasteiger partial charge in [0.1, 0.15) is 17.8 Å². The number of ether oxygens (including phenoxy) is 3. The Morgan fingerprint density at radius 2 is 1.83 bits per heavy atom. The number of cyclic esters (lactones) is 1. The normalized spacial score (nSPS) is 30.9. The SMILES string of the molecule is CCC(OS(=O)(=O)c1ccc(C)cc1)C(C)C1OC1CC(C)C=CC=C(C)C1OC(=O)CC(O)CCC(C)(O)C(OC(C)=O)C=CC1C. The van der Waals surface area contributed by atoms with E-state index in [1.165, 1.54) is 6.92 Å². The summed E-state index contributed by atoms with van der Waals surface area (Å²) in [4.78, 5) is 24.6. The van der Waals surface area contributed by atoms with E-state index < -0.39 is 52.1 Å². The smallest absolute Gasteiger partial charge is 0.309 e. The molecule has 0 saturated carbocycles. The van der Waals surface area contributed by atoms with Gasteiger partial charge < -0.3 is 24.4 Å². The lowest BCUT2D eigenvalue weighted by Gasteiger charge is -2.32. The number of allylic oxidation sites excluding steroid dienone is 3. The van der Waals surface area contributed by atoms with Crippen molar-refractivity contribution in [2.75, 3.05) is 0 Å². The molecule has 0 aromatic heterocycles. The molecule has 10 unspecified atom stereocenters. The Morgan fingerprint density at radius 1 is 1.17 bits per heavy atom. The Labute approximate surface area is 286 Å². The largest absolute Gasteiger partial charge is 0.457 e. The van der Waals surface area contributed by atoms with Gasteiger partial charge in [0.15, 0.2) is 0 Å². The summed E-state index contributed by atoms with van der Waals surface area (Å²) in [7, 11) is -3.90. The molecule has 10 nitrogen and oxygen atoms in total. The number of hydrogen-bond acceptors (Lipinski definition) is 10. The van der Waals surface area contributed by atoms with Gasteiger partial charge in [0, 0.05) is 18.8 Å². The van der Waals surface area contributed by atoms with Crippen LogP contribution in [0.1, 0.15) is 86.1 Å². The van der Waals surface area contributed by atoms with Gasteiger partial charge in [-0.15, -0.1) is 0 Å². The molecule has 0 amide bonds. The molecular weight excluding hydrogens is 636 g/mol. The number of hydrogen-bond donors (Lipinski definition) is 2. The lowest BCUT2D eigenvalue weighted by Crippen LogP contribution is -2.42. The molecule has 268 valence electrons. The molecule has 2 aliphatic rings. The third kappa shape index (κ3) is 11.7. The van der Waals surface area contributed by atoms with Crippen molar-refractivity contribution in [3.05, 3.63) is 65.8 Å². The highest BCUT2D eigenvalue weighted by Gasteiger charge is 2.46. The molecule has 0 bridgehead atoms. The van der Waals surface area contributed by atoms with E-state index >= 15 is 0 Å². The van der Waals surface area contributed by atoms with Crippen LogP contribution >= 0.6 is 0 Å². The summed E-state index contributed by atoms with van der Waals surface area (Å²) in [5, 5.41) is 21.4. The van der Waals surface area contributed by atoms with E-state index in [1.54, 1.807) is 43.3 Å². The topological polar surface area (TPSA) is 149 Å². The molecule has 11 heteroatoms. The van der Waals surface area contributed by atoms with Gasteiger partial charge >= 0.3 is 11.9 Å². The van der Waals surface area contributed by atoms with Crippen LogP contribution < -0.4 is 0 Å². The van der Waals surface area contributed by atoms with Crippen LogP contribution in [0.5, 0.6) is 0 Å². The van der Waals surface area contributed by atoms with Crippen molar-refractivity contribution in [1.82, 2.24) is 0 Å². The second kappa shape index (κ2) is 17.2. The molecule has 1 saturated heterocycles. The van der Waals surface area contributed by atoms with Crippen LogP contribution in [0.3, 0.4) is 0 Å². The Morgan fingerprint density at radius 3 is 2.46 bits per heavy atom. The molecular formula is C37H54O10S. The molecule has 2 heterocycles. The maximum atomic E-state index is 12.9. The average Bonchev–Trinajstić information content (AvgIpc) is 3.77. The highest BCUT2D eigenvalue weighted by Crippen LogP contribution is 2.38. The number of carbonyl (C=O) groups is 2. The Bertz CT molecular complexity index is 1430. The second-order valence-corrected chi connectivity index (χ2v) is 15.3. The van der Waals surface area contributed by atoms with Crippen LogP contribution in [-0.2, 0) is 38.1 Å². The first kappa shape index (κ1) is 39.6. The van der Waals surface area contributed by atoms with E-state index in [0.29, 0.717) is 6.42 Å². The molecule has 0 aliphatic carbocycles. The van der Waals surface area contributed by atoms with E-state index in [-0.39, 0.29) is 54.1 Å². The number of aryl methyl sites for hydroxylation is 1. The fourth-order valence-electron chi connectivity index (χ4n) is 6.04. The molecule has 1 aromatic rings. The summed E-state index contributed by atoms with van der Waals surface area (Å²) in [6, 6.07) is 6.61. The standard InChI is InChI=1S/C37H54O10S/c1-9-31(47-48(42,43)30-16-13-23(2)14-17-30)27(6)36-32(45-36)21-24(3)11-10-12-25(4)35-26(5)15-18-33(44-28(7)38)37(8,41)20-19-29(39)22-34(40)46-35/h10-18,24,26-27,29,31-33,35-36,39,41H,9,19-22H2,1-8H3. The van der Waals surface area contributed by atoms with Crippen molar-refractivity contribution in [1.29, 1.82) is 0 Å². The molecule has 48 heavy (non-hydrogen) atoms. The maximum Gasteiger partial charge on any atom is 0.309 e. The molecule has 0 radical (unpaired) electrons. The number of epoxide rings is 1. The average molecular weight is 691 g/mol. The van der Waals surface area contributed by atoms with Gasteiger partial charge in [-0.25, -0.2) is 0 Å². The number of rotatable bonds is 12. The Kier molecular flexibility index (Phi) is 14.2. The number of aliphatic hydroxyl groups is 2. The zero-order valence-corrected chi connectivity index (χ0v) is 30.3. The van der Waals surface area contributed by atoms with Crippen LogP contribution in [0.25, 0.3) is 0 Å². The summed E-state index contributed by atoms with van der Waals surface area (Å²) in [5.74, 6) is -1.38. The van der Waals surface area contributed by atoms with E-state index in [1.807, 2.05) is 52.8 Å². The van der Waals surface area contributed by atoms with Gasteiger partial charge in [-0.2, -0.15) is 8.42 Å². The molecule has 3 rings (SSSR count). The van der Waals surface area contributed by atoms with Crippen molar-refractivity contribution >= 4 is 22.1 Å². The van der Waals surface area contributed by atoms with Crippen molar-refractivity contribution in [2.45, 2.75) is 135 Å². The van der Waals surface area contributed by atoms with Gasteiger partial charge in [-0.05, 0) is 76.2 Å². The van der Waals surface area contributed by atoms with E-state index in [9.17, 15) is 28.2 Å². The third-order valence-electron chi connectivity index (χ3n) is 9.16. The zero-order valence-electron chi connectivity index (χ0n) is 29.5. The summed E-state index contributed by atoms with van der Waals surface area (Å²) in [5.41, 5.74) is 0.311. The van der Waals surface area contributed by atoms with Crippen LogP contribution in [0.2, 0.25) is 0 Å². The van der Waals surface area contributed by atoms with E-state index in [2.05, 4.69) is 6.92 Å². The van der Waals surface area contributed by atoms with Crippen LogP contribution in [0, 0.1) is 24.7 Å². The van der Waals surface area contributed by atoms with Gasteiger partial charge in [-0.3, -0.25) is 13.8 Å². The fraction of sp³-hybridized carbons (Fsp3) is 0.622. The number of benzene rings is 1. The predicted octanol–water partition coefficient (Wildman–Crippen LogP) is 5.74. The van der Waals surface area contributed by atoms with Crippen molar-refractivity contribution < 1.29 is 46.6 Å². The van der Waals surface area contributed by atoms with Gasteiger partial charge in [0.2, 0.25) is 0 Å². The minimum absolute atomic E-state index is 0.0179. The lowest BCUT2D eigenvalue weighted by atomic mass is 9.88. The Balaban J connectivity index is 1.63. The van der Waals surface area contributed by atoms with Gasteiger partial charge in [0.05, 0.1) is 35.7 Å². The third-order valence-corrected chi connectivity index (χ3v) is 10.5. The second-order valence-electron chi connectivity index (χ2n) is 13.8. The van der Waals surface area contributed by atoms with Gasteiger partial charge in [0.25, 0.3) is 10.1 Å². The highest BCUT2D eigenvalue weighted by molar-refractivity contribution is 7.86. The zero-order chi connectivity index (χ0) is 35.8. The van der Waals surface area contributed by atoms with E-state index in [0.717, 1.165) is 17.6 Å². The minimum atomic E-state index is -3.90. The fourth-order valence-corrected chi connectivity index (χ4v) is 7.25. The molecule has 2 N–H and O–H groups in total. The molecule has 1 aromatic carbocycles. The van der Waals surface area contributed by atoms with Crippen LogP contribution in [0.15, 0.2) is 65.1 Å². The number of carbonyl (C=O) groups excluding carboxylic acids is 2. The minimum Gasteiger partial charge on any atom is -0.457 e. The highest BCUT2D eigenvalue weighted by atomic mass is 32.2. The first-order chi connectivity index (χ1) is 22.4. The van der Waals surface area contributed by atoms with Crippen molar-refractivity contribution in [3.63, 3.8) is 0 Å². The van der Waals surface area contributed by atoms with Gasteiger partial charge in [-0.1, -0.05) is 69.7 Å². The number of aliphatic hydroxyl groups excluding tert-OH is 1. The summed E-state index contributed by atoms with van der Waals surface area (Å²) < 4.78 is 48.6. The first-order valence-electron chi connectivity index (χ1n) is 16.9. The van der Waals surface area contributed by atoms with E-state index in [4.69, 9.17) is 18.4 Å². The van der Waals surface area contributed by atoms with Crippen LogP contribution in [0.4, 0.5) is 0 Å².